The molecule has 0 saturated carbocycles. The van der Waals surface area contributed by atoms with Gasteiger partial charge >= 0.3 is 6.09 Å². The molecule has 0 bridgehead atoms. The van der Waals surface area contributed by atoms with Crippen molar-refractivity contribution in [3.63, 3.8) is 0 Å². The van der Waals surface area contributed by atoms with Gasteiger partial charge in [0.05, 0.1) is 19.2 Å². The lowest BCUT2D eigenvalue weighted by Gasteiger charge is -2.30. The Morgan fingerprint density at radius 2 is 2.27 bits per heavy atom. The van der Waals surface area contributed by atoms with Crippen molar-refractivity contribution >= 4 is 6.09 Å². The number of piperidine rings is 1. The van der Waals surface area contributed by atoms with E-state index < -0.39 is 0 Å². The number of rotatable bonds is 3. The second kappa shape index (κ2) is 6.25. The third-order valence-corrected chi connectivity index (χ3v) is 2.48. The molecule has 84 valence electrons. The first-order chi connectivity index (χ1) is 7.26. The number of ether oxygens (including phenoxy) is 1. The van der Waals surface area contributed by atoms with Crippen molar-refractivity contribution < 1.29 is 9.53 Å². The van der Waals surface area contributed by atoms with Gasteiger partial charge in [-0.25, -0.2) is 4.79 Å². The van der Waals surface area contributed by atoms with Gasteiger partial charge in [0.1, 0.15) is 0 Å². The molecule has 0 aromatic heterocycles. The van der Waals surface area contributed by atoms with Gasteiger partial charge in [-0.3, -0.25) is 4.90 Å². The predicted molar refractivity (Wildman–Crippen MR) is 55.2 cm³/mol. The molecular weight excluding hydrogens is 194 g/mol. The van der Waals surface area contributed by atoms with Gasteiger partial charge in [-0.1, -0.05) is 0 Å². The first-order valence-corrected chi connectivity index (χ1v) is 5.29. The smallest absolute Gasteiger partial charge is 0.407 e. The fraction of sp³-hybridized carbons (Fsp3) is 0.800. The Labute approximate surface area is 90.0 Å². The van der Waals surface area contributed by atoms with Crippen molar-refractivity contribution in [2.45, 2.75) is 25.8 Å². The molecule has 5 nitrogen and oxygen atoms in total. The van der Waals surface area contributed by atoms with Gasteiger partial charge in [0.15, 0.2) is 0 Å². The fourth-order valence-corrected chi connectivity index (χ4v) is 1.67. The third kappa shape index (κ3) is 4.17. The Hall–Kier alpha value is -1.28. The summed E-state index contributed by atoms with van der Waals surface area (Å²) in [5.41, 5.74) is 0. The lowest BCUT2D eigenvalue weighted by molar-refractivity contribution is 0.139. The van der Waals surface area contributed by atoms with Gasteiger partial charge in [0.2, 0.25) is 0 Å². The minimum absolute atomic E-state index is 0.194. The van der Waals surface area contributed by atoms with Crippen molar-refractivity contribution in [1.29, 1.82) is 5.26 Å². The molecule has 1 amide bonds. The molecule has 0 unspecified atom stereocenters. The summed E-state index contributed by atoms with van der Waals surface area (Å²) in [7, 11) is 0. The van der Waals surface area contributed by atoms with Crippen LogP contribution in [-0.4, -0.2) is 43.3 Å². The van der Waals surface area contributed by atoms with E-state index in [2.05, 4.69) is 16.3 Å². The number of hydrogen-bond donors (Lipinski definition) is 1. The number of carbonyl (C=O) groups excluding carboxylic acids is 1. The van der Waals surface area contributed by atoms with Crippen LogP contribution in [0.15, 0.2) is 0 Å². The number of hydrogen-bond acceptors (Lipinski definition) is 4. The third-order valence-electron chi connectivity index (χ3n) is 2.48. The van der Waals surface area contributed by atoms with E-state index in [0.29, 0.717) is 13.2 Å². The van der Waals surface area contributed by atoms with Crippen molar-refractivity contribution in [3.8, 4) is 6.07 Å². The SMILES string of the molecule is CCOC(=O)NC1CCN(CC#N)CC1. The zero-order chi connectivity index (χ0) is 11.1. The minimum Gasteiger partial charge on any atom is -0.450 e. The van der Waals surface area contributed by atoms with Gasteiger partial charge in [-0.15, -0.1) is 0 Å². The minimum atomic E-state index is -0.337. The summed E-state index contributed by atoms with van der Waals surface area (Å²) in [5, 5.41) is 11.3. The van der Waals surface area contributed by atoms with Crippen molar-refractivity contribution in [2.24, 2.45) is 0 Å². The Morgan fingerprint density at radius 3 is 2.80 bits per heavy atom. The standard InChI is InChI=1S/C10H17N3O2/c1-2-15-10(14)12-9-3-6-13(7-4-9)8-5-11/h9H,2-4,6-8H2,1H3,(H,12,14). The van der Waals surface area contributed by atoms with Crippen molar-refractivity contribution in [1.82, 2.24) is 10.2 Å². The lowest BCUT2D eigenvalue weighted by Crippen LogP contribution is -2.44. The molecule has 1 rings (SSSR count). The van der Waals surface area contributed by atoms with Gasteiger partial charge < -0.3 is 10.1 Å². The van der Waals surface area contributed by atoms with E-state index in [1.807, 2.05) is 0 Å². The van der Waals surface area contributed by atoms with E-state index in [9.17, 15) is 4.79 Å². The van der Waals surface area contributed by atoms with Crippen LogP contribution in [-0.2, 0) is 4.74 Å². The van der Waals surface area contributed by atoms with Crippen molar-refractivity contribution in [3.05, 3.63) is 0 Å². The molecule has 5 heteroatoms. The van der Waals surface area contributed by atoms with Gasteiger partial charge in [-0.2, -0.15) is 5.26 Å². The van der Waals surface area contributed by atoms with Crippen molar-refractivity contribution in [2.75, 3.05) is 26.2 Å². The molecule has 1 aliphatic rings. The lowest BCUT2D eigenvalue weighted by atomic mass is 10.1. The number of likely N-dealkylation sites (tertiary alicyclic amines) is 1. The molecule has 15 heavy (non-hydrogen) atoms. The van der Waals surface area contributed by atoms with E-state index >= 15 is 0 Å². The highest BCUT2D eigenvalue weighted by molar-refractivity contribution is 5.67. The second-order valence-corrected chi connectivity index (χ2v) is 3.57. The van der Waals surface area contributed by atoms with Crippen LogP contribution < -0.4 is 5.32 Å². The van der Waals surface area contributed by atoms with Crippen LogP contribution in [0.5, 0.6) is 0 Å². The largest absolute Gasteiger partial charge is 0.450 e. The van der Waals surface area contributed by atoms with Crippen LogP contribution in [0.4, 0.5) is 4.79 Å². The first-order valence-electron chi connectivity index (χ1n) is 5.29. The van der Waals surface area contributed by atoms with Crippen LogP contribution in [0.1, 0.15) is 19.8 Å². The van der Waals surface area contributed by atoms with Crippen LogP contribution >= 0.6 is 0 Å². The molecule has 0 aromatic rings. The number of nitrogens with zero attached hydrogens (tertiary/aromatic N) is 2. The highest BCUT2D eigenvalue weighted by Crippen LogP contribution is 2.09. The van der Waals surface area contributed by atoms with E-state index in [4.69, 9.17) is 10.00 Å². The quantitative estimate of drug-likeness (QED) is 0.698. The molecule has 0 spiro atoms. The zero-order valence-electron chi connectivity index (χ0n) is 9.03. The summed E-state index contributed by atoms with van der Waals surface area (Å²) in [6.07, 6.45) is 1.44. The molecular formula is C10H17N3O2. The Kier molecular flexibility index (Phi) is 4.91. The fourth-order valence-electron chi connectivity index (χ4n) is 1.67. The average Bonchev–Trinajstić information content (AvgIpc) is 2.22. The van der Waals surface area contributed by atoms with Crippen LogP contribution in [0.3, 0.4) is 0 Å². The maximum Gasteiger partial charge on any atom is 0.407 e. The summed E-state index contributed by atoms with van der Waals surface area (Å²) < 4.78 is 4.80. The van der Waals surface area contributed by atoms with E-state index in [0.717, 1.165) is 25.9 Å². The predicted octanol–water partition coefficient (Wildman–Crippen LogP) is 0.720. The molecule has 1 heterocycles. The zero-order valence-corrected chi connectivity index (χ0v) is 9.03. The summed E-state index contributed by atoms with van der Waals surface area (Å²) in [6.45, 7) is 4.40. The highest BCUT2D eigenvalue weighted by atomic mass is 16.5. The Bertz CT molecular complexity index is 242. The van der Waals surface area contributed by atoms with E-state index in [1.165, 1.54) is 0 Å². The van der Waals surface area contributed by atoms with Crippen LogP contribution in [0, 0.1) is 11.3 Å². The maximum absolute atomic E-state index is 11.1. The number of amides is 1. The summed E-state index contributed by atoms with van der Waals surface area (Å²) in [6, 6.07) is 2.32. The number of nitrogens with one attached hydrogen (secondary N) is 1. The first kappa shape index (κ1) is 11.8. The summed E-state index contributed by atoms with van der Waals surface area (Å²) in [4.78, 5) is 13.2. The van der Waals surface area contributed by atoms with E-state index in [-0.39, 0.29) is 12.1 Å². The molecule has 1 aliphatic heterocycles. The summed E-state index contributed by atoms with van der Waals surface area (Å²) in [5.74, 6) is 0. The molecule has 0 aliphatic carbocycles. The summed E-state index contributed by atoms with van der Waals surface area (Å²) >= 11 is 0. The molecule has 0 radical (unpaired) electrons. The Balaban J connectivity index is 2.20. The molecule has 0 atom stereocenters. The molecule has 1 fully saturated rings. The molecule has 1 N–H and O–H groups in total. The van der Waals surface area contributed by atoms with Crippen LogP contribution in [0.2, 0.25) is 0 Å². The molecule has 0 aromatic carbocycles. The topological polar surface area (TPSA) is 65.4 Å². The maximum atomic E-state index is 11.1. The van der Waals surface area contributed by atoms with Gasteiger partial charge in [0.25, 0.3) is 0 Å². The molecule has 1 saturated heterocycles. The highest BCUT2D eigenvalue weighted by Gasteiger charge is 2.20. The second-order valence-electron chi connectivity index (χ2n) is 3.57. The number of carbonyl (C=O) groups is 1. The number of alkyl carbamates (subject to hydrolysis) is 1. The normalized spacial score (nSPS) is 18.1. The van der Waals surface area contributed by atoms with Gasteiger partial charge in [-0.05, 0) is 19.8 Å². The van der Waals surface area contributed by atoms with Gasteiger partial charge in [0, 0.05) is 19.1 Å². The monoisotopic (exact) mass is 211 g/mol. The number of nitriles is 1. The average molecular weight is 211 g/mol. The van der Waals surface area contributed by atoms with Crippen LogP contribution in [0.25, 0.3) is 0 Å². The Morgan fingerprint density at radius 1 is 1.60 bits per heavy atom. The van der Waals surface area contributed by atoms with E-state index in [1.54, 1.807) is 6.92 Å².